The average molecular weight is 342 g/mol. The van der Waals surface area contributed by atoms with Gasteiger partial charge in [-0.3, -0.25) is 0 Å². The Morgan fingerprint density at radius 2 is 1.90 bits per heavy atom. The summed E-state index contributed by atoms with van der Waals surface area (Å²) in [5, 5.41) is 3.52. The van der Waals surface area contributed by atoms with Crippen LogP contribution in [0.1, 0.15) is 58.9 Å². The zero-order valence-electron chi connectivity index (χ0n) is 13.3. The molecule has 2 nitrogen and oxygen atoms in total. The highest BCUT2D eigenvalue weighted by molar-refractivity contribution is 9.10. The van der Waals surface area contributed by atoms with Gasteiger partial charge in [0.25, 0.3) is 0 Å². The van der Waals surface area contributed by atoms with Crippen molar-refractivity contribution < 1.29 is 4.74 Å². The lowest BCUT2D eigenvalue weighted by Crippen LogP contribution is -2.35. The van der Waals surface area contributed by atoms with Crippen LogP contribution in [0, 0.1) is 0 Å². The molecular weight excluding hydrogens is 314 g/mol. The summed E-state index contributed by atoms with van der Waals surface area (Å²) >= 11 is 3.60. The predicted octanol–water partition coefficient (Wildman–Crippen LogP) is 5.30. The highest BCUT2D eigenvalue weighted by Crippen LogP contribution is 2.29. The third-order valence-electron chi connectivity index (χ3n) is 3.10. The summed E-state index contributed by atoms with van der Waals surface area (Å²) in [6.45, 7) is 10.4. The first-order valence-electron chi connectivity index (χ1n) is 7.59. The van der Waals surface area contributed by atoms with Gasteiger partial charge >= 0.3 is 0 Å². The Morgan fingerprint density at radius 1 is 1.15 bits per heavy atom. The summed E-state index contributed by atoms with van der Waals surface area (Å²) in [5.41, 5.74) is 1.32. The molecule has 0 aliphatic carbocycles. The lowest BCUT2D eigenvalue weighted by Gasteiger charge is -2.22. The van der Waals surface area contributed by atoms with E-state index in [-0.39, 0.29) is 5.54 Å². The summed E-state index contributed by atoms with van der Waals surface area (Å²) in [6.07, 6.45) is 4.92. The van der Waals surface area contributed by atoms with Gasteiger partial charge in [-0.2, -0.15) is 0 Å². The van der Waals surface area contributed by atoms with Crippen LogP contribution in [-0.2, 0) is 6.54 Å². The molecule has 0 saturated heterocycles. The second kappa shape index (κ2) is 8.68. The second-order valence-corrected chi connectivity index (χ2v) is 7.10. The van der Waals surface area contributed by atoms with Crippen LogP contribution < -0.4 is 10.1 Å². The van der Waals surface area contributed by atoms with Gasteiger partial charge in [0.1, 0.15) is 5.75 Å². The van der Waals surface area contributed by atoms with Crippen molar-refractivity contribution in [1.29, 1.82) is 0 Å². The number of rotatable bonds is 8. The van der Waals surface area contributed by atoms with Crippen molar-refractivity contribution in [3.05, 3.63) is 28.2 Å². The van der Waals surface area contributed by atoms with E-state index in [2.05, 4.69) is 61.1 Å². The quantitative estimate of drug-likeness (QED) is 0.648. The van der Waals surface area contributed by atoms with Crippen LogP contribution in [-0.4, -0.2) is 12.1 Å². The van der Waals surface area contributed by atoms with Gasteiger partial charge in [0.05, 0.1) is 11.1 Å². The van der Waals surface area contributed by atoms with Gasteiger partial charge in [0.15, 0.2) is 0 Å². The number of ether oxygens (including phenoxy) is 1. The molecule has 0 bridgehead atoms. The number of nitrogens with one attached hydrogen (secondary N) is 1. The largest absolute Gasteiger partial charge is 0.492 e. The summed E-state index contributed by atoms with van der Waals surface area (Å²) < 4.78 is 7.04. The zero-order valence-corrected chi connectivity index (χ0v) is 14.8. The molecule has 0 aromatic heterocycles. The smallest absolute Gasteiger partial charge is 0.137 e. The van der Waals surface area contributed by atoms with Gasteiger partial charge in [0.2, 0.25) is 0 Å². The predicted molar refractivity (Wildman–Crippen MR) is 90.4 cm³/mol. The van der Waals surface area contributed by atoms with E-state index < -0.39 is 0 Å². The van der Waals surface area contributed by atoms with E-state index in [9.17, 15) is 0 Å². The van der Waals surface area contributed by atoms with E-state index >= 15 is 0 Å². The summed E-state index contributed by atoms with van der Waals surface area (Å²) in [7, 11) is 0. The SMILES string of the molecule is CCCCCCOc1c(Br)cccc1CNC(C)(C)C. The number of benzene rings is 1. The minimum Gasteiger partial charge on any atom is -0.492 e. The van der Waals surface area contributed by atoms with Gasteiger partial charge in [-0.05, 0) is 49.2 Å². The van der Waals surface area contributed by atoms with Crippen molar-refractivity contribution in [3.8, 4) is 5.75 Å². The Kier molecular flexibility index (Phi) is 7.60. The normalized spacial score (nSPS) is 11.7. The zero-order chi connectivity index (χ0) is 15.0. The lowest BCUT2D eigenvalue weighted by molar-refractivity contribution is 0.298. The highest BCUT2D eigenvalue weighted by atomic mass is 79.9. The Balaban J connectivity index is 2.59. The molecule has 0 amide bonds. The Hall–Kier alpha value is -0.540. The fourth-order valence-electron chi connectivity index (χ4n) is 1.92. The van der Waals surface area contributed by atoms with Gasteiger partial charge < -0.3 is 10.1 Å². The molecule has 20 heavy (non-hydrogen) atoms. The minimum absolute atomic E-state index is 0.112. The Labute approximate surface area is 132 Å². The van der Waals surface area contributed by atoms with Crippen molar-refractivity contribution >= 4 is 15.9 Å². The number of hydrogen-bond donors (Lipinski definition) is 1. The molecule has 0 fully saturated rings. The van der Waals surface area contributed by atoms with Gasteiger partial charge in [0, 0.05) is 17.6 Å². The number of hydrogen-bond acceptors (Lipinski definition) is 2. The van der Waals surface area contributed by atoms with Crippen LogP contribution in [0.15, 0.2) is 22.7 Å². The molecule has 0 atom stereocenters. The monoisotopic (exact) mass is 341 g/mol. The van der Waals surface area contributed by atoms with Crippen LogP contribution in [0.3, 0.4) is 0 Å². The van der Waals surface area contributed by atoms with Crippen LogP contribution in [0.5, 0.6) is 5.75 Å². The molecule has 1 rings (SSSR count). The third kappa shape index (κ3) is 6.76. The first-order chi connectivity index (χ1) is 9.44. The molecule has 0 unspecified atom stereocenters. The van der Waals surface area contributed by atoms with Crippen LogP contribution in [0.2, 0.25) is 0 Å². The van der Waals surface area contributed by atoms with E-state index in [0.29, 0.717) is 0 Å². The molecule has 0 aliphatic rings. The molecule has 3 heteroatoms. The average Bonchev–Trinajstić information content (AvgIpc) is 2.37. The molecule has 1 N–H and O–H groups in total. The molecule has 0 spiro atoms. The topological polar surface area (TPSA) is 21.3 Å². The molecule has 0 heterocycles. The fourth-order valence-corrected chi connectivity index (χ4v) is 2.44. The highest BCUT2D eigenvalue weighted by Gasteiger charge is 2.12. The van der Waals surface area contributed by atoms with Crippen molar-refractivity contribution in [2.45, 2.75) is 65.5 Å². The van der Waals surface area contributed by atoms with Crippen molar-refractivity contribution in [2.24, 2.45) is 0 Å². The third-order valence-corrected chi connectivity index (χ3v) is 3.73. The van der Waals surface area contributed by atoms with Crippen LogP contribution >= 0.6 is 15.9 Å². The second-order valence-electron chi connectivity index (χ2n) is 6.24. The number of para-hydroxylation sites is 1. The summed E-state index contributed by atoms with van der Waals surface area (Å²) in [5.74, 6) is 0.987. The van der Waals surface area contributed by atoms with Gasteiger partial charge in [-0.25, -0.2) is 0 Å². The fraction of sp³-hybridized carbons (Fsp3) is 0.647. The molecule has 1 aromatic rings. The first kappa shape index (κ1) is 17.5. The number of halogens is 1. The van der Waals surface area contributed by atoms with E-state index in [1.807, 2.05) is 6.07 Å². The summed E-state index contributed by atoms with van der Waals surface area (Å²) in [6, 6.07) is 6.24. The maximum absolute atomic E-state index is 5.99. The molecule has 0 saturated carbocycles. The Morgan fingerprint density at radius 3 is 2.55 bits per heavy atom. The first-order valence-corrected chi connectivity index (χ1v) is 8.38. The van der Waals surface area contributed by atoms with Crippen LogP contribution in [0.25, 0.3) is 0 Å². The molecular formula is C17H28BrNO. The number of unbranched alkanes of at least 4 members (excludes halogenated alkanes) is 3. The molecule has 1 aromatic carbocycles. The van der Waals surface area contributed by atoms with E-state index in [0.717, 1.165) is 29.8 Å². The molecule has 0 aliphatic heterocycles. The minimum atomic E-state index is 0.112. The van der Waals surface area contributed by atoms with Gasteiger partial charge in [-0.15, -0.1) is 0 Å². The standard InChI is InChI=1S/C17H28BrNO/c1-5-6-7-8-12-20-16-14(10-9-11-15(16)18)13-19-17(2,3)4/h9-11,19H,5-8,12-13H2,1-4H3. The van der Waals surface area contributed by atoms with Gasteiger partial charge in [-0.1, -0.05) is 38.3 Å². The van der Waals surface area contributed by atoms with Crippen LogP contribution in [0.4, 0.5) is 0 Å². The Bertz CT molecular complexity index is 398. The van der Waals surface area contributed by atoms with Crippen molar-refractivity contribution in [3.63, 3.8) is 0 Å². The van der Waals surface area contributed by atoms with Crippen molar-refractivity contribution in [2.75, 3.05) is 6.61 Å². The van der Waals surface area contributed by atoms with E-state index in [1.54, 1.807) is 0 Å². The summed E-state index contributed by atoms with van der Waals surface area (Å²) in [4.78, 5) is 0. The lowest BCUT2D eigenvalue weighted by atomic mass is 10.1. The van der Waals surface area contributed by atoms with Crippen molar-refractivity contribution in [1.82, 2.24) is 5.32 Å². The van der Waals surface area contributed by atoms with E-state index in [1.165, 1.54) is 24.8 Å². The molecule has 114 valence electrons. The maximum atomic E-state index is 5.99. The maximum Gasteiger partial charge on any atom is 0.137 e. The molecule has 0 radical (unpaired) electrons. The van der Waals surface area contributed by atoms with E-state index in [4.69, 9.17) is 4.74 Å².